The van der Waals surface area contributed by atoms with Gasteiger partial charge in [0.05, 0.1) is 7.11 Å². The summed E-state index contributed by atoms with van der Waals surface area (Å²) in [6.45, 7) is 4.16. The van der Waals surface area contributed by atoms with Crippen LogP contribution in [0.4, 0.5) is 5.82 Å². The van der Waals surface area contributed by atoms with Crippen LogP contribution in [0.2, 0.25) is 0 Å². The lowest BCUT2D eigenvalue weighted by molar-refractivity contribution is 0.414. The van der Waals surface area contributed by atoms with Gasteiger partial charge >= 0.3 is 0 Å². The van der Waals surface area contributed by atoms with Gasteiger partial charge in [0, 0.05) is 24.7 Å². The second-order valence-electron chi connectivity index (χ2n) is 4.68. The molecule has 0 amide bonds. The first-order valence-corrected chi connectivity index (χ1v) is 6.85. The number of aromatic nitrogens is 2. The smallest absolute Gasteiger partial charge is 0.135 e. The van der Waals surface area contributed by atoms with Gasteiger partial charge in [-0.1, -0.05) is 19.1 Å². The van der Waals surface area contributed by atoms with Crippen LogP contribution in [-0.2, 0) is 12.8 Å². The summed E-state index contributed by atoms with van der Waals surface area (Å²) in [4.78, 5) is 9.22. The van der Waals surface area contributed by atoms with E-state index in [9.17, 15) is 0 Å². The molecule has 1 aromatic heterocycles. The third-order valence-corrected chi connectivity index (χ3v) is 3.35. The fraction of sp³-hybridized carbons (Fsp3) is 0.375. The van der Waals surface area contributed by atoms with Gasteiger partial charge in [0.25, 0.3) is 0 Å². The summed E-state index contributed by atoms with van der Waals surface area (Å²) in [6.07, 6.45) is 1.64. The lowest BCUT2D eigenvalue weighted by Gasteiger charge is -2.12. The van der Waals surface area contributed by atoms with Crippen molar-refractivity contribution in [3.63, 3.8) is 0 Å². The zero-order valence-corrected chi connectivity index (χ0v) is 12.5. The first-order valence-electron chi connectivity index (χ1n) is 6.85. The van der Waals surface area contributed by atoms with Gasteiger partial charge < -0.3 is 10.1 Å². The van der Waals surface area contributed by atoms with E-state index in [0.29, 0.717) is 6.42 Å². The molecule has 1 aromatic carbocycles. The van der Waals surface area contributed by atoms with Crippen LogP contribution >= 0.6 is 0 Å². The summed E-state index contributed by atoms with van der Waals surface area (Å²) >= 11 is 0. The molecule has 0 aliphatic rings. The molecular formula is C16H21N3O. The van der Waals surface area contributed by atoms with Gasteiger partial charge in [0.2, 0.25) is 0 Å². The molecule has 4 nitrogen and oxygen atoms in total. The van der Waals surface area contributed by atoms with Crippen LogP contribution in [0.1, 0.15) is 29.6 Å². The maximum Gasteiger partial charge on any atom is 0.135 e. The number of aryl methyl sites for hydroxylation is 1. The SMILES string of the molecule is CCc1c(C)nc(Cc2cccc(OC)c2)nc1NC. The van der Waals surface area contributed by atoms with Crippen LogP contribution in [0, 0.1) is 6.92 Å². The van der Waals surface area contributed by atoms with Gasteiger partial charge in [-0.15, -0.1) is 0 Å². The molecule has 0 aliphatic heterocycles. The average molecular weight is 271 g/mol. The number of ether oxygens (including phenoxy) is 1. The van der Waals surface area contributed by atoms with E-state index in [1.807, 2.05) is 32.2 Å². The van der Waals surface area contributed by atoms with Crippen molar-refractivity contribution in [3.05, 3.63) is 46.9 Å². The highest BCUT2D eigenvalue weighted by Gasteiger charge is 2.09. The maximum atomic E-state index is 5.24. The highest BCUT2D eigenvalue weighted by atomic mass is 16.5. The van der Waals surface area contributed by atoms with Crippen molar-refractivity contribution in [2.75, 3.05) is 19.5 Å². The van der Waals surface area contributed by atoms with E-state index in [1.165, 1.54) is 5.56 Å². The lowest BCUT2D eigenvalue weighted by atomic mass is 10.1. The average Bonchev–Trinajstić information content (AvgIpc) is 2.46. The zero-order valence-electron chi connectivity index (χ0n) is 12.5. The number of benzene rings is 1. The highest BCUT2D eigenvalue weighted by molar-refractivity contribution is 5.46. The number of nitrogens with one attached hydrogen (secondary N) is 1. The number of rotatable bonds is 5. The van der Waals surface area contributed by atoms with Crippen LogP contribution in [0.25, 0.3) is 0 Å². The van der Waals surface area contributed by atoms with E-state index in [1.54, 1.807) is 7.11 Å². The van der Waals surface area contributed by atoms with Gasteiger partial charge in [0.1, 0.15) is 17.4 Å². The lowest BCUT2D eigenvalue weighted by Crippen LogP contribution is -2.07. The van der Waals surface area contributed by atoms with Gasteiger partial charge in [0.15, 0.2) is 0 Å². The summed E-state index contributed by atoms with van der Waals surface area (Å²) in [5.41, 5.74) is 3.38. The molecule has 106 valence electrons. The molecule has 0 aliphatic carbocycles. The number of anilines is 1. The number of hydrogen-bond acceptors (Lipinski definition) is 4. The van der Waals surface area contributed by atoms with E-state index >= 15 is 0 Å². The van der Waals surface area contributed by atoms with Crippen molar-refractivity contribution in [1.82, 2.24) is 9.97 Å². The Kier molecular flexibility index (Phi) is 4.56. The molecule has 4 heteroatoms. The number of nitrogens with zero attached hydrogens (tertiary/aromatic N) is 2. The number of methoxy groups -OCH3 is 1. The summed E-state index contributed by atoms with van der Waals surface area (Å²) in [5.74, 6) is 2.62. The van der Waals surface area contributed by atoms with Crippen molar-refractivity contribution >= 4 is 5.82 Å². The highest BCUT2D eigenvalue weighted by Crippen LogP contribution is 2.19. The third-order valence-electron chi connectivity index (χ3n) is 3.35. The predicted octanol–water partition coefficient (Wildman–Crippen LogP) is 2.99. The topological polar surface area (TPSA) is 47.0 Å². The Hall–Kier alpha value is -2.10. The van der Waals surface area contributed by atoms with Gasteiger partial charge in [-0.2, -0.15) is 0 Å². The van der Waals surface area contributed by atoms with Crippen molar-refractivity contribution in [1.29, 1.82) is 0 Å². The predicted molar refractivity (Wildman–Crippen MR) is 81.5 cm³/mol. The standard InChI is InChI=1S/C16H21N3O/c1-5-14-11(2)18-15(19-16(14)17-3)10-12-7-6-8-13(9-12)20-4/h6-9H,5,10H2,1-4H3,(H,17,18,19). The van der Waals surface area contributed by atoms with Crippen LogP contribution in [0.3, 0.4) is 0 Å². The zero-order chi connectivity index (χ0) is 14.5. The molecule has 2 rings (SSSR count). The minimum absolute atomic E-state index is 0.705. The normalized spacial score (nSPS) is 10.4. The monoisotopic (exact) mass is 271 g/mol. The first kappa shape index (κ1) is 14.3. The molecule has 0 saturated carbocycles. The molecule has 0 bridgehead atoms. The van der Waals surface area contributed by atoms with Crippen molar-refractivity contribution < 1.29 is 4.74 Å². The Morgan fingerprint density at radius 3 is 2.70 bits per heavy atom. The molecule has 1 N–H and O–H groups in total. The van der Waals surface area contributed by atoms with Crippen molar-refractivity contribution in [3.8, 4) is 5.75 Å². The Balaban J connectivity index is 2.31. The fourth-order valence-corrected chi connectivity index (χ4v) is 2.33. The van der Waals surface area contributed by atoms with Crippen molar-refractivity contribution in [2.45, 2.75) is 26.7 Å². The van der Waals surface area contributed by atoms with E-state index in [-0.39, 0.29) is 0 Å². The van der Waals surface area contributed by atoms with Crippen LogP contribution in [0.5, 0.6) is 5.75 Å². The Bertz CT molecular complexity index is 596. The first-order chi connectivity index (χ1) is 9.67. The molecule has 0 atom stereocenters. The quantitative estimate of drug-likeness (QED) is 0.908. The number of hydrogen-bond donors (Lipinski definition) is 1. The van der Waals surface area contributed by atoms with E-state index < -0.39 is 0 Å². The van der Waals surface area contributed by atoms with Gasteiger partial charge in [-0.25, -0.2) is 9.97 Å². The summed E-state index contributed by atoms with van der Waals surface area (Å²) in [6, 6.07) is 8.01. The minimum atomic E-state index is 0.705. The molecule has 0 spiro atoms. The second kappa shape index (κ2) is 6.37. The third kappa shape index (κ3) is 3.07. The maximum absolute atomic E-state index is 5.24. The molecule has 0 radical (unpaired) electrons. The molecular weight excluding hydrogens is 250 g/mol. The molecule has 2 aromatic rings. The Morgan fingerprint density at radius 1 is 1.25 bits per heavy atom. The van der Waals surface area contributed by atoms with Gasteiger partial charge in [-0.05, 0) is 31.0 Å². The molecule has 0 unspecified atom stereocenters. The van der Waals surface area contributed by atoms with Crippen molar-refractivity contribution in [2.24, 2.45) is 0 Å². The summed E-state index contributed by atoms with van der Waals surface area (Å²) in [7, 11) is 3.57. The summed E-state index contributed by atoms with van der Waals surface area (Å²) in [5, 5.41) is 3.16. The van der Waals surface area contributed by atoms with Crippen LogP contribution < -0.4 is 10.1 Å². The molecule has 20 heavy (non-hydrogen) atoms. The van der Waals surface area contributed by atoms with E-state index in [4.69, 9.17) is 4.74 Å². The molecule has 1 heterocycles. The Morgan fingerprint density at radius 2 is 2.05 bits per heavy atom. The molecule has 0 fully saturated rings. The van der Waals surface area contributed by atoms with Gasteiger partial charge in [-0.3, -0.25) is 0 Å². The second-order valence-corrected chi connectivity index (χ2v) is 4.68. The Labute approximate surface area is 120 Å². The van der Waals surface area contributed by atoms with Crippen LogP contribution in [0.15, 0.2) is 24.3 Å². The molecule has 0 saturated heterocycles. The fourth-order valence-electron chi connectivity index (χ4n) is 2.33. The largest absolute Gasteiger partial charge is 0.497 e. The van der Waals surface area contributed by atoms with E-state index in [0.717, 1.165) is 35.1 Å². The summed E-state index contributed by atoms with van der Waals surface area (Å²) < 4.78 is 5.24. The van der Waals surface area contributed by atoms with E-state index in [2.05, 4.69) is 28.3 Å². The van der Waals surface area contributed by atoms with Crippen LogP contribution in [-0.4, -0.2) is 24.1 Å². The minimum Gasteiger partial charge on any atom is -0.497 e.